The highest BCUT2D eigenvalue weighted by Gasteiger charge is 2.21. The molecule has 1 heterocycles. The lowest BCUT2D eigenvalue weighted by atomic mass is 10.1. The van der Waals surface area contributed by atoms with E-state index in [-0.39, 0.29) is 17.0 Å². The largest absolute Gasteiger partial charge is 0.480 e. The topological polar surface area (TPSA) is 59.3 Å². The van der Waals surface area contributed by atoms with Crippen LogP contribution >= 0.6 is 11.6 Å². The van der Waals surface area contributed by atoms with Gasteiger partial charge in [0.2, 0.25) is 0 Å². The second-order valence-corrected chi connectivity index (χ2v) is 4.53. The number of hydrogen-bond donors (Lipinski definition) is 1. The van der Waals surface area contributed by atoms with Crippen molar-refractivity contribution in [1.29, 1.82) is 0 Å². The van der Waals surface area contributed by atoms with Crippen molar-refractivity contribution in [2.24, 2.45) is 0 Å². The molecule has 0 saturated carbocycles. The van der Waals surface area contributed by atoms with Gasteiger partial charge in [-0.3, -0.25) is 9.36 Å². The summed E-state index contributed by atoms with van der Waals surface area (Å²) in [5, 5.41) is 9.79. The fraction of sp³-hybridized carbons (Fsp3) is 0.231. The third-order valence-electron chi connectivity index (χ3n) is 2.95. The van der Waals surface area contributed by atoms with E-state index >= 15 is 0 Å². The number of aliphatic carboxylic acids is 1. The first-order valence-corrected chi connectivity index (χ1v) is 6.06. The maximum absolute atomic E-state index is 13.3. The van der Waals surface area contributed by atoms with Gasteiger partial charge in [0.05, 0.1) is 10.5 Å². The van der Waals surface area contributed by atoms with Crippen LogP contribution in [0.5, 0.6) is 0 Å². The second kappa shape index (κ2) is 5.01. The smallest absolute Gasteiger partial charge is 0.326 e. The molecule has 19 heavy (non-hydrogen) atoms. The van der Waals surface area contributed by atoms with E-state index in [0.29, 0.717) is 5.39 Å². The Balaban J connectivity index is 2.89. The van der Waals surface area contributed by atoms with Crippen molar-refractivity contribution in [1.82, 2.24) is 4.57 Å². The Morgan fingerprint density at radius 2 is 2.16 bits per heavy atom. The van der Waals surface area contributed by atoms with Gasteiger partial charge in [-0.1, -0.05) is 18.5 Å². The van der Waals surface area contributed by atoms with Crippen LogP contribution in [0.25, 0.3) is 10.9 Å². The van der Waals surface area contributed by atoms with Gasteiger partial charge < -0.3 is 5.11 Å². The van der Waals surface area contributed by atoms with Crippen molar-refractivity contribution in [2.45, 2.75) is 19.4 Å². The second-order valence-electron chi connectivity index (χ2n) is 4.12. The predicted molar refractivity (Wildman–Crippen MR) is 70.1 cm³/mol. The van der Waals surface area contributed by atoms with Gasteiger partial charge in [-0.15, -0.1) is 0 Å². The molecular formula is C13H11ClFNO3. The van der Waals surface area contributed by atoms with Gasteiger partial charge in [-0.25, -0.2) is 9.18 Å². The first-order chi connectivity index (χ1) is 8.95. The maximum atomic E-state index is 13.3. The third-order valence-corrected chi connectivity index (χ3v) is 3.26. The summed E-state index contributed by atoms with van der Waals surface area (Å²) in [6.45, 7) is 1.64. The van der Waals surface area contributed by atoms with Gasteiger partial charge in [0.15, 0.2) is 0 Å². The number of hydrogen-bond acceptors (Lipinski definition) is 2. The monoisotopic (exact) mass is 283 g/mol. The first kappa shape index (κ1) is 13.5. The summed E-state index contributed by atoms with van der Waals surface area (Å²) in [6.07, 6.45) is 0.211. The van der Waals surface area contributed by atoms with E-state index in [4.69, 9.17) is 16.7 Å². The molecule has 1 aromatic heterocycles. The SMILES string of the molecule is CCC(C(=O)O)n1c(=O)cc(Cl)c2ccc(F)cc21. The number of pyridine rings is 1. The first-order valence-electron chi connectivity index (χ1n) is 5.68. The number of nitrogens with zero attached hydrogens (tertiary/aromatic N) is 1. The van der Waals surface area contributed by atoms with Crippen LogP contribution in [-0.4, -0.2) is 15.6 Å². The van der Waals surface area contributed by atoms with E-state index in [1.165, 1.54) is 12.1 Å². The van der Waals surface area contributed by atoms with Gasteiger partial charge in [0.1, 0.15) is 11.9 Å². The van der Waals surface area contributed by atoms with Gasteiger partial charge in [0, 0.05) is 11.5 Å². The summed E-state index contributed by atoms with van der Waals surface area (Å²) in [5.41, 5.74) is -0.371. The number of carboxylic acids is 1. The molecule has 4 nitrogen and oxygen atoms in total. The minimum atomic E-state index is -1.14. The molecule has 0 saturated heterocycles. The van der Waals surface area contributed by atoms with E-state index in [9.17, 15) is 14.0 Å². The molecule has 0 aliphatic rings. The highest BCUT2D eigenvalue weighted by molar-refractivity contribution is 6.35. The number of carbonyl (C=O) groups is 1. The zero-order chi connectivity index (χ0) is 14.2. The lowest BCUT2D eigenvalue weighted by Gasteiger charge is -2.17. The normalized spacial score (nSPS) is 12.6. The van der Waals surface area contributed by atoms with Gasteiger partial charge in [-0.05, 0) is 24.6 Å². The summed E-state index contributed by atoms with van der Waals surface area (Å²) in [6, 6.07) is 3.86. The molecule has 0 amide bonds. The van der Waals surface area contributed by atoms with Crippen LogP contribution < -0.4 is 5.56 Å². The molecule has 1 N–H and O–H groups in total. The Labute approximate surface area is 113 Å². The molecule has 0 spiro atoms. The lowest BCUT2D eigenvalue weighted by molar-refractivity contribution is -0.140. The van der Waals surface area contributed by atoms with Crippen LogP contribution in [0.4, 0.5) is 4.39 Å². The fourth-order valence-electron chi connectivity index (χ4n) is 2.07. The van der Waals surface area contributed by atoms with E-state index in [1.807, 2.05) is 0 Å². The molecule has 1 aromatic carbocycles. The molecule has 0 radical (unpaired) electrons. The Morgan fingerprint density at radius 3 is 2.74 bits per heavy atom. The summed E-state index contributed by atoms with van der Waals surface area (Å²) in [5.74, 6) is -1.69. The van der Waals surface area contributed by atoms with Crippen molar-refractivity contribution < 1.29 is 14.3 Å². The molecule has 0 aliphatic carbocycles. The number of rotatable bonds is 3. The third kappa shape index (κ3) is 2.33. The van der Waals surface area contributed by atoms with Crippen LogP contribution in [0.2, 0.25) is 5.02 Å². The number of aromatic nitrogens is 1. The molecule has 0 aliphatic heterocycles. The molecule has 2 rings (SSSR count). The number of fused-ring (bicyclic) bond motifs is 1. The fourth-order valence-corrected chi connectivity index (χ4v) is 2.32. The quantitative estimate of drug-likeness (QED) is 0.942. The zero-order valence-electron chi connectivity index (χ0n) is 10.1. The molecule has 0 fully saturated rings. The summed E-state index contributed by atoms with van der Waals surface area (Å²) in [4.78, 5) is 23.2. The summed E-state index contributed by atoms with van der Waals surface area (Å²) < 4.78 is 14.4. The number of benzene rings is 1. The minimum Gasteiger partial charge on any atom is -0.480 e. The lowest BCUT2D eigenvalue weighted by Crippen LogP contribution is -2.29. The molecule has 1 unspecified atom stereocenters. The van der Waals surface area contributed by atoms with E-state index in [2.05, 4.69) is 0 Å². The average Bonchev–Trinajstić information content (AvgIpc) is 2.33. The Hall–Kier alpha value is -1.88. The molecule has 100 valence electrons. The summed E-state index contributed by atoms with van der Waals surface area (Å²) in [7, 11) is 0. The van der Waals surface area contributed by atoms with E-state index < -0.39 is 23.4 Å². The van der Waals surface area contributed by atoms with Crippen LogP contribution in [0.15, 0.2) is 29.1 Å². The molecule has 1 atom stereocenters. The van der Waals surface area contributed by atoms with Crippen LogP contribution in [0, 0.1) is 5.82 Å². The highest BCUT2D eigenvalue weighted by Crippen LogP contribution is 2.25. The maximum Gasteiger partial charge on any atom is 0.326 e. The Kier molecular flexibility index (Phi) is 3.57. The van der Waals surface area contributed by atoms with Crippen molar-refractivity contribution in [3.63, 3.8) is 0 Å². The van der Waals surface area contributed by atoms with Crippen molar-refractivity contribution in [3.8, 4) is 0 Å². The molecule has 2 aromatic rings. The zero-order valence-corrected chi connectivity index (χ0v) is 10.8. The van der Waals surface area contributed by atoms with Crippen molar-refractivity contribution in [3.05, 3.63) is 45.5 Å². The van der Waals surface area contributed by atoms with E-state index in [0.717, 1.165) is 16.7 Å². The number of halogens is 2. The minimum absolute atomic E-state index is 0.177. The van der Waals surface area contributed by atoms with Crippen LogP contribution in [0.1, 0.15) is 19.4 Å². The average molecular weight is 284 g/mol. The predicted octanol–water partition coefficient (Wildman–Crippen LogP) is 2.83. The Bertz CT molecular complexity index is 711. The Morgan fingerprint density at radius 1 is 1.47 bits per heavy atom. The van der Waals surface area contributed by atoms with Crippen LogP contribution in [0.3, 0.4) is 0 Å². The van der Waals surface area contributed by atoms with Crippen molar-refractivity contribution in [2.75, 3.05) is 0 Å². The molecule has 6 heteroatoms. The molecular weight excluding hydrogens is 273 g/mol. The number of carboxylic acid groups (broad SMARTS) is 1. The standard InChI is InChI=1S/C13H11ClFNO3/c1-2-10(13(18)19)16-11-5-7(15)3-4-8(11)9(14)6-12(16)17/h3-6,10H,2H2,1H3,(H,18,19). The van der Waals surface area contributed by atoms with Crippen LogP contribution in [-0.2, 0) is 4.79 Å². The van der Waals surface area contributed by atoms with Gasteiger partial charge in [-0.2, -0.15) is 0 Å². The van der Waals surface area contributed by atoms with E-state index in [1.54, 1.807) is 6.92 Å². The molecule has 0 bridgehead atoms. The van der Waals surface area contributed by atoms with Crippen molar-refractivity contribution >= 4 is 28.5 Å². The van der Waals surface area contributed by atoms with Gasteiger partial charge in [0.25, 0.3) is 5.56 Å². The van der Waals surface area contributed by atoms with Gasteiger partial charge >= 0.3 is 5.97 Å². The summed E-state index contributed by atoms with van der Waals surface area (Å²) >= 11 is 5.93. The highest BCUT2D eigenvalue weighted by atomic mass is 35.5.